The Morgan fingerprint density at radius 2 is 1.77 bits per heavy atom. The van der Waals surface area contributed by atoms with Crippen molar-refractivity contribution >= 4 is 0 Å². The number of hydrogen-bond donors (Lipinski definition) is 0. The van der Waals surface area contributed by atoms with Gasteiger partial charge in [-0.2, -0.15) is 0 Å². The Bertz CT molecular complexity index is 208. The molecule has 0 fully saturated rings. The third-order valence-corrected chi connectivity index (χ3v) is 2.71. The predicted molar refractivity (Wildman–Crippen MR) is 59.5 cm³/mol. The van der Waals surface area contributed by atoms with E-state index in [9.17, 15) is 0 Å². The molecule has 0 atom stereocenters. The average molecular weight is 177 g/mol. The highest BCUT2D eigenvalue weighted by Crippen LogP contribution is 2.32. The van der Waals surface area contributed by atoms with Gasteiger partial charge in [-0.3, -0.25) is 0 Å². The van der Waals surface area contributed by atoms with E-state index in [2.05, 4.69) is 32.9 Å². The molecule has 0 heterocycles. The van der Waals surface area contributed by atoms with E-state index < -0.39 is 0 Å². The van der Waals surface area contributed by atoms with E-state index in [0.29, 0.717) is 0 Å². The fourth-order valence-electron chi connectivity index (χ4n) is 1.86. The van der Waals surface area contributed by atoms with Crippen LogP contribution in [0.2, 0.25) is 0 Å². The Morgan fingerprint density at radius 3 is 2.23 bits per heavy atom. The molecule has 0 heteroatoms. The first-order valence-electron chi connectivity index (χ1n) is 5.59. The van der Waals surface area contributed by atoms with Crippen molar-refractivity contribution in [1.82, 2.24) is 0 Å². The molecular weight excluding hydrogens is 156 g/mol. The van der Waals surface area contributed by atoms with Crippen LogP contribution >= 0.6 is 0 Å². The van der Waals surface area contributed by atoms with Gasteiger partial charge in [0.1, 0.15) is 0 Å². The van der Waals surface area contributed by atoms with Crippen LogP contribution in [0.15, 0.2) is 23.3 Å². The summed E-state index contributed by atoms with van der Waals surface area (Å²) in [5, 5.41) is 0. The number of unbranched alkanes of at least 4 members (excludes halogenated alkanes) is 1. The lowest BCUT2D eigenvalue weighted by Gasteiger charge is -2.06. The summed E-state index contributed by atoms with van der Waals surface area (Å²) in [6.07, 6.45) is 11.1. The van der Waals surface area contributed by atoms with Gasteiger partial charge in [0.05, 0.1) is 0 Å². The van der Waals surface area contributed by atoms with Gasteiger partial charge in [0.2, 0.25) is 0 Å². The minimum absolute atomic E-state index is 1.19. The molecule has 0 spiro atoms. The van der Waals surface area contributed by atoms with Crippen molar-refractivity contribution < 1.29 is 0 Å². The molecule has 0 aromatic carbocycles. The molecule has 1 aliphatic carbocycles. The predicted octanol–water partition coefficient (Wildman–Crippen LogP) is 4.44. The van der Waals surface area contributed by atoms with E-state index in [1.54, 1.807) is 17.1 Å². The van der Waals surface area contributed by atoms with Gasteiger partial charge in [0.15, 0.2) is 0 Å². The molecule has 0 bridgehead atoms. The quantitative estimate of drug-likeness (QED) is 0.582. The highest BCUT2D eigenvalue weighted by molar-refractivity contribution is 5.47. The van der Waals surface area contributed by atoms with Gasteiger partial charge in [0.25, 0.3) is 0 Å². The summed E-state index contributed by atoms with van der Waals surface area (Å²) in [5.74, 6) is 1.56. The first-order valence-corrected chi connectivity index (χ1v) is 5.59. The Hall–Kier alpha value is -0.520. The van der Waals surface area contributed by atoms with Gasteiger partial charge in [-0.05, 0) is 25.7 Å². The van der Waals surface area contributed by atoms with Crippen molar-refractivity contribution in [2.45, 2.75) is 52.9 Å². The largest absolute Gasteiger partial charge is 0.0699 e. The summed E-state index contributed by atoms with van der Waals surface area (Å²) in [6.45, 7) is 6.75. The van der Waals surface area contributed by atoms with Crippen molar-refractivity contribution in [2.75, 3.05) is 0 Å². The van der Waals surface area contributed by atoms with Gasteiger partial charge < -0.3 is 0 Å². The summed E-state index contributed by atoms with van der Waals surface area (Å²) < 4.78 is 0. The zero-order valence-electron chi connectivity index (χ0n) is 9.19. The Balaban J connectivity index is 2.53. The Morgan fingerprint density at radius 1 is 1.00 bits per heavy atom. The molecule has 1 radical (unpaired) electrons. The molecule has 73 valence electrons. The van der Waals surface area contributed by atoms with Crippen LogP contribution in [0.3, 0.4) is 0 Å². The van der Waals surface area contributed by atoms with Crippen molar-refractivity contribution in [3.8, 4) is 0 Å². The molecule has 0 nitrogen and oxygen atoms in total. The van der Waals surface area contributed by atoms with Crippen LogP contribution < -0.4 is 0 Å². The van der Waals surface area contributed by atoms with Crippen LogP contribution in [0, 0.1) is 5.92 Å². The fraction of sp³-hybridized carbons (Fsp3) is 0.615. The van der Waals surface area contributed by atoms with Crippen molar-refractivity contribution in [3.63, 3.8) is 0 Å². The SMILES string of the molecule is CCCCC1=C[C](CC)C(CC)=C1. The summed E-state index contributed by atoms with van der Waals surface area (Å²) in [7, 11) is 0. The molecule has 1 rings (SSSR count). The van der Waals surface area contributed by atoms with Crippen LogP contribution in [0.25, 0.3) is 0 Å². The second kappa shape index (κ2) is 5.26. The molecule has 0 unspecified atom stereocenters. The molecule has 0 aromatic rings. The summed E-state index contributed by atoms with van der Waals surface area (Å²) in [6, 6.07) is 0. The maximum absolute atomic E-state index is 2.40. The smallest absolute Gasteiger partial charge is 0.0225 e. The third kappa shape index (κ3) is 2.72. The Kier molecular flexibility index (Phi) is 4.27. The molecule has 0 aromatic heterocycles. The average Bonchev–Trinajstić information content (AvgIpc) is 2.57. The maximum atomic E-state index is 2.40. The van der Waals surface area contributed by atoms with Gasteiger partial charge in [-0.25, -0.2) is 0 Å². The van der Waals surface area contributed by atoms with E-state index in [0.717, 1.165) is 0 Å². The van der Waals surface area contributed by atoms with Crippen LogP contribution in [-0.2, 0) is 0 Å². The van der Waals surface area contributed by atoms with Crippen LogP contribution in [0.4, 0.5) is 0 Å². The first kappa shape index (κ1) is 10.6. The lowest BCUT2D eigenvalue weighted by atomic mass is 9.98. The summed E-state index contributed by atoms with van der Waals surface area (Å²) in [4.78, 5) is 0. The Labute approximate surface area is 82.7 Å². The lowest BCUT2D eigenvalue weighted by Crippen LogP contribution is -1.90. The fourth-order valence-corrected chi connectivity index (χ4v) is 1.86. The van der Waals surface area contributed by atoms with Crippen molar-refractivity contribution in [3.05, 3.63) is 29.2 Å². The highest BCUT2D eigenvalue weighted by atomic mass is 14.2. The molecule has 0 aliphatic heterocycles. The molecular formula is C13H21. The van der Waals surface area contributed by atoms with Gasteiger partial charge >= 0.3 is 0 Å². The van der Waals surface area contributed by atoms with Crippen LogP contribution in [-0.4, -0.2) is 0 Å². The number of hydrogen-bond acceptors (Lipinski definition) is 0. The second-order valence-corrected chi connectivity index (χ2v) is 3.72. The van der Waals surface area contributed by atoms with Crippen LogP contribution in [0.1, 0.15) is 52.9 Å². The number of allylic oxidation sites excluding steroid dienone is 4. The zero-order valence-corrected chi connectivity index (χ0v) is 9.19. The maximum Gasteiger partial charge on any atom is 0.0225 e. The minimum Gasteiger partial charge on any atom is -0.0699 e. The van der Waals surface area contributed by atoms with Crippen LogP contribution in [0.5, 0.6) is 0 Å². The van der Waals surface area contributed by atoms with Gasteiger partial charge in [-0.15, -0.1) is 0 Å². The van der Waals surface area contributed by atoms with E-state index >= 15 is 0 Å². The molecule has 0 N–H and O–H groups in total. The monoisotopic (exact) mass is 177 g/mol. The molecule has 13 heavy (non-hydrogen) atoms. The normalized spacial score (nSPS) is 17.5. The summed E-state index contributed by atoms with van der Waals surface area (Å²) >= 11 is 0. The van der Waals surface area contributed by atoms with Crippen molar-refractivity contribution in [1.29, 1.82) is 0 Å². The molecule has 1 aliphatic rings. The number of rotatable bonds is 5. The van der Waals surface area contributed by atoms with E-state index in [1.807, 2.05) is 0 Å². The van der Waals surface area contributed by atoms with Gasteiger partial charge in [-0.1, -0.05) is 50.5 Å². The molecule has 0 saturated carbocycles. The molecule has 0 amide bonds. The second-order valence-electron chi connectivity index (χ2n) is 3.72. The van der Waals surface area contributed by atoms with E-state index in [1.165, 1.54) is 32.1 Å². The minimum atomic E-state index is 1.19. The van der Waals surface area contributed by atoms with E-state index in [-0.39, 0.29) is 0 Å². The highest BCUT2D eigenvalue weighted by Gasteiger charge is 2.15. The topological polar surface area (TPSA) is 0 Å². The first-order chi connectivity index (χ1) is 6.31. The zero-order chi connectivity index (χ0) is 9.68. The van der Waals surface area contributed by atoms with E-state index in [4.69, 9.17) is 0 Å². The van der Waals surface area contributed by atoms with Gasteiger partial charge in [0, 0.05) is 5.92 Å². The summed E-state index contributed by atoms with van der Waals surface area (Å²) in [5.41, 5.74) is 3.11. The lowest BCUT2D eigenvalue weighted by molar-refractivity contribution is 0.798. The molecule has 0 saturated heterocycles. The van der Waals surface area contributed by atoms with Crippen molar-refractivity contribution in [2.24, 2.45) is 0 Å². The third-order valence-electron chi connectivity index (χ3n) is 2.71. The standard InChI is InChI=1S/C13H21/c1-4-7-8-11-9-12(5-2)13(6-3)10-11/h9-10H,4-8H2,1-3H3.